The molecule has 48 valence electrons. The van der Waals surface area contributed by atoms with Crippen molar-refractivity contribution in [3.8, 4) is 0 Å². The van der Waals surface area contributed by atoms with Gasteiger partial charge in [-0.2, -0.15) is 0 Å². The molecular weight excluding hydrogens is 114 g/mol. The predicted octanol–water partition coefficient (Wildman–Crippen LogP) is 0.991. The Morgan fingerprint density at radius 3 is 2.78 bits per heavy atom. The van der Waals surface area contributed by atoms with Gasteiger partial charge in [-0.25, -0.2) is 0 Å². The maximum Gasteiger partial charge on any atom is 0.0519 e. The van der Waals surface area contributed by atoms with Gasteiger partial charge in [0.1, 0.15) is 0 Å². The Hall–Kier alpha value is -0.630. The molecule has 0 spiro atoms. The summed E-state index contributed by atoms with van der Waals surface area (Å²) in [6, 6.07) is 0. The van der Waals surface area contributed by atoms with E-state index in [1.807, 2.05) is 12.4 Å². The summed E-state index contributed by atoms with van der Waals surface area (Å²) >= 11 is 0. The summed E-state index contributed by atoms with van der Waals surface area (Å²) in [5.41, 5.74) is 1.38. The van der Waals surface area contributed by atoms with Crippen LogP contribution in [-0.2, 0) is 4.74 Å². The molecule has 2 nitrogen and oxygen atoms in total. The third-order valence-corrected chi connectivity index (χ3v) is 1.71. The van der Waals surface area contributed by atoms with Crippen LogP contribution in [0.4, 0.5) is 0 Å². The number of nitrogens with zero attached hydrogens (tertiary/aromatic N) is 1. The molecule has 0 aromatic heterocycles. The summed E-state index contributed by atoms with van der Waals surface area (Å²) in [5.74, 6) is 0.781. The lowest BCUT2D eigenvalue weighted by atomic mass is 9.98. The van der Waals surface area contributed by atoms with Crippen LogP contribution in [0.5, 0.6) is 0 Å². The molecule has 0 aromatic carbocycles. The number of allylic oxidation sites excluding steroid dienone is 1. The lowest BCUT2D eigenvalue weighted by Crippen LogP contribution is -2.28. The Labute approximate surface area is 54.2 Å². The van der Waals surface area contributed by atoms with Gasteiger partial charge in [0.25, 0.3) is 0 Å². The van der Waals surface area contributed by atoms with E-state index in [9.17, 15) is 0 Å². The van der Waals surface area contributed by atoms with E-state index >= 15 is 0 Å². The van der Waals surface area contributed by atoms with Gasteiger partial charge in [-0.05, 0) is 12.0 Å². The van der Waals surface area contributed by atoms with E-state index in [1.54, 1.807) is 0 Å². The molecule has 1 fully saturated rings. The molecule has 2 heterocycles. The monoisotopic (exact) mass is 123 g/mol. The van der Waals surface area contributed by atoms with E-state index in [1.165, 1.54) is 12.0 Å². The first-order valence-electron chi connectivity index (χ1n) is 3.25. The molecule has 0 aromatic rings. The van der Waals surface area contributed by atoms with Gasteiger partial charge in [0.15, 0.2) is 0 Å². The van der Waals surface area contributed by atoms with Crippen LogP contribution in [0.2, 0.25) is 0 Å². The molecule has 0 bridgehead atoms. The van der Waals surface area contributed by atoms with Crippen LogP contribution in [0, 0.1) is 5.92 Å². The average Bonchev–Trinajstić information content (AvgIpc) is 1.57. The zero-order valence-electron chi connectivity index (χ0n) is 5.21. The number of ether oxygens (including phenoxy) is 1. The first-order valence-corrected chi connectivity index (χ1v) is 3.25. The van der Waals surface area contributed by atoms with Crippen LogP contribution in [0.1, 0.15) is 6.42 Å². The van der Waals surface area contributed by atoms with E-state index in [-0.39, 0.29) is 0 Å². The summed E-state index contributed by atoms with van der Waals surface area (Å²) < 4.78 is 5.03. The van der Waals surface area contributed by atoms with Gasteiger partial charge in [0.05, 0.1) is 13.2 Å². The zero-order chi connectivity index (χ0) is 6.10. The van der Waals surface area contributed by atoms with Gasteiger partial charge >= 0.3 is 0 Å². The zero-order valence-corrected chi connectivity index (χ0v) is 5.21. The first-order chi connectivity index (χ1) is 4.45. The van der Waals surface area contributed by atoms with Gasteiger partial charge in [-0.15, -0.1) is 0 Å². The fourth-order valence-corrected chi connectivity index (χ4v) is 1.02. The van der Waals surface area contributed by atoms with Gasteiger partial charge < -0.3 is 4.74 Å². The van der Waals surface area contributed by atoms with Crippen molar-refractivity contribution in [2.24, 2.45) is 10.9 Å². The van der Waals surface area contributed by atoms with Crippen molar-refractivity contribution in [2.75, 3.05) is 13.2 Å². The Bertz CT molecular complexity index is 168. The minimum atomic E-state index is 0.781. The predicted molar refractivity (Wildman–Crippen MR) is 35.5 cm³/mol. The second kappa shape index (κ2) is 1.95. The molecule has 2 rings (SSSR count). The number of hydrogen-bond donors (Lipinski definition) is 0. The Balaban J connectivity index is 1.76. The second-order valence-electron chi connectivity index (χ2n) is 2.59. The highest BCUT2D eigenvalue weighted by Crippen LogP contribution is 2.20. The maximum absolute atomic E-state index is 5.03. The van der Waals surface area contributed by atoms with E-state index < -0.39 is 0 Å². The Morgan fingerprint density at radius 2 is 2.44 bits per heavy atom. The topological polar surface area (TPSA) is 21.6 Å². The van der Waals surface area contributed by atoms with Crippen molar-refractivity contribution in [1.82, 2.24) is 0 Å². The lowest BCUT2D eigenvalue weighted by Gasteiger charge is -2.26. The minimum absolute atomic E-state index is 0.781. The van der Waals surface area contributed by atoms with Crippen molar-refractivity contribution < 1.29 is 4.74 Å². The molecule has 0 atom stereocenters. The molecule has 1 saturated heterocycles. The minimum Gasteiger partial charge on any atom is -0.381 e. The van der Waals surface area contributed by atoms with Crippen LogP contribution < -0.4 is 0 Å². The fourth-order valence-electron chi connectivity index (χ4n) is 1.02. The Morgan fingerprint density at radius 1 is 1.67 bits per heavy atom. The van der Waals surface area contributed by atoms with Gasteiger partial charge in [-0.1, -0.05) is 0 Å². The van der Waals surface area contributed by atoms with Gasteiger partial charge in [0, 0.05) is 18.3 Å². The molecule has 0 radical (unpaired) electrons. The van der Waals surface area contributed by atoms with Gasteiger partial charge in [-0.3, -0.25) is 4.99 Å². The molecule has 0 aliphatic carbocycles. The number of rotatable bonds is 2. The molecule has 0 saturated carbocycles. The van der Waals surface area contributed by atoms with Crippen LogP contribution in [0.15, 0.2) is 16.8 Å². The van der Waals surface area contributed by atoms with Crippen LogP contribution in [0.3, 0.4) is 0 Å². The highest BCUT2D eigenvalue weighted by Gasteiger charge is 2.19. The second-order valence-corrected chi connectivity index (χ2v) is 2.59. The van der Waals surface area contributed by atoms with Crippen molar-refractivity contribution in [3.63, 3.8) is 0 Å². The van der Waals surface area contributed by atoms with E-state index in [0.29, 0.717) is 0 Å². The van der Waals surface area contributed by atoms with Crippen LogP contribution >= 0.6 is 0 Å². The summed E-state index contributed by atoms with van der Waals surface area (Å²) in [5, 5.41) is 0. The molecule has 9 heavy (non-hydrogen) atoms. The van der Waals surface area contributed by atoms with Crippen molar-refractivity contribution >= 4 is 6.21 Å². The summed E-state index contributed by atoms with van der Waals surface area (Å²) in [6.45, 7) is 1.90. The standard InChI is InChI=1S/C7H9NO/c1(6-2-8-3-6)7-4-9-5-7/h2-3,7H,1,4-5H2. The van der Waals surface area contributed by atoms with E-state index in [2.05, 4.69) is 4.99 Å². The molecular formula is C7H9NO. The Kier molecular flexibility index (Phi) is 1.12. The fraction of sp³-hybridized carbons (Fsp3) is 0.571. The lowest BCUT2D eigenvalue weighted by molar-refractivity contribution is -0.0306. The summed E-state index contributed by atoms with van der Waals surface area (Å²) in [4.78, 5) is 3.88. The third-order valence-electron chi connectivity index (χ3n) is 1.71. The molecule has 0 N–H and O–H groups in total. The normalized spacial score (nSPS) is 24.7. The van der Waals surface area contributed by atoms with Crippen molar-refractivity contribution in [2.45, 2.75) is 6.42 Å². The highest BCUT2D eigenvalue weighted by atomic mass is 16.5. The van der Waals surface area contributed by atoms with Crippen molar-refractivity contribution in [1.29, 1.82) is 0 Å². The SMILES string of the molecule is C1=NC=C1CC1COC1. The summed E-state index contributed by atoms with van der Waals surface area (Å²) in [7, 11) is 0. The van der Waals surface area contributed by atoms with Crippen LogP contribution in [0.25, 0.3) is 0 Å². The number of hydrogen-bond acceptors (Lipinski definition) is 2. The smallest absolute Gasteiger partial charge is 0.0519 e. The first kappa shape index (κ1) is 5.18. The highest BCUT2D eigenvalue weighted by molar-refractivity contribution is 5.84. The summed E-state index contributed by atoms with van der Waals surface area (Å²) in [6.07, 6.45) is 5.03. The molecule has 2 heteroatoms. The van der Waals surface area contributed by atoms with E-state index in [0.717, 1.165) is 19.1 Å². The largest absolute Gasteiger partial charge is 0.381 e. The van der Waals surface area contributed by atoms with Crippen LogP contribution in [-0.4, -0.2) is 19.4 Å². The maximum atomic E-state index is 5.03. The van der Waals surface area contributed by atoms with Crippen molar-refractivity contribution in [3.05, 3.63) is 11.8 Å². The molecule has 0 amide bonds. The van der Waals surface area contributed by atoms with Gasteiger partial charge in [0.2, 0.25) is 0 Å². The third kappa shape index (κ3) is 0.900. The number of aliphatic imine (C=N–C) groups is 1. The van der Waals surface area contributed by atoms with E-state index in [4.69, 9.17) is 4.74 Å². The molecule has 2 aliphatic heterocycles. The quantitative estimate of drug-likeness (QED) is 0.536. The molecule has 0 unspecified atom stereocenters. The average molecular weight is 123 g/mol. The molecule has 2 aliphatic rings.